The molecular weight excluding hydrogens is 350 g/mol. The maximum absolute atomic E-state index is 12.5. The zero-order valence-corrected chi connectivity index (χ0v) is 13.1. The molecule has 1 heterocycles. The van der Waals surface area contributed by atoms with Crippen molar-refractivity contribution in [1.82, 2.24) is 0 Å². The summed E-state index contributed by atoms with van der Waals surface area (Å²) in [6, 6.07) is 11.3. The number of carbonyl (C=O) groups excluding carboxylic acids is 3. The predicted molar refractivity (Wildman–Crippen MR) is 83.1 cm³/mol. The molecule has 0 N–H and O–H groups in total. The van der Waals surface area contributed by atoms with Crippen LogP contribution in [0.25, 0.3) is 0 Å². The van der Waals surface area contributed by atoms with Gasteiger partial charge in [0.1, 0.15) is 0 Å². The summed E-state index contributed by atoms with van der Waals surface area (Å²) in [4.78, 5) is 37.9. The van der Waals surface area contributed by atoms with E-state index in [1.165, 1.54) is 13.2 Å². The Morgan fingerprint density at radius 1 is 1.05 bits per heavy atom. The van der Waals surface area contributed by atoms with Gasteiger partial charge in [-0.25, -0.2) is 9.69 Å². The number of fused-ring (bicyclic) bond motifs is 1. The molecule has 2 aromatic rings. The summed E-state index contributed by atoms with van der Waals surface area (Å²) in [6.07, 6.45) is 0. The number of hydrogen-bond donors (Lipinski definition) is 0. The van der Waals surface area contributed by atoms with Gasteiger partial charge in [-0.3, -0.25) is 9.59 Å². The fourth-order valence-corrected chi connectivity index (χ4v) is 2.73. The fraction of sp³-hybridized carbons (Fsp3) is 0.0625. The van der Waals surface area contributed by atoms with Gasteiger partial charge in [-0.1, -0.05) is 28.1 Å². The minimum atomic E-state index is -0.612. The standard InChI is InChI=1S/C16H10BrNO4/c1-22-16(21)12-7-6-9(17)8-13(12)18-14(19)10-4-2-3-5-11(10)15(18)20/h2-8H,1H3. The van der Waals surface area contributed by atoms with Crippen molar-refractivity contribution in [3.05, 3.63) is 63.6 Å². The van der Waals surface area contributed by atoms with Crippen LogP contribution in [0.3, 0.4) is 0 Å². The first-order valence-corrected chi connectivity index (χ1v) is 7.19. The summed E-state index contributed by atoms with van der Waals surface area (Å²) in [7, 11) is 1.25. The second-order valence-corrected chi connectivity index (χ2v) is 5.56. The van der Waals surface area contributed by atoms with Gasteiger partial charge in [0.2, 0.25) is 0 Å². The van der Waals surface area contributed by atoms with Gasteiger partial charge in [-0.2, -0.15) is 0 Å². The number of hydrogen-bond acceptors (Lipinski definition) is 4. The van der Waals surface area contributed by atoms with Crippen LogP contribution >= 0.6 is 15.9 Å². The van der Waals surface area contributed by atoms with E-state index in [0.29, 0.717) is 15.6 Å². The Balaban J connectivity index is 2.17. The third-order valence-corrected chi connectivity index (χ3v) is 3.89. The van der Waals surface area contributed by atoms with Crippen molar-refractivity contribution in [3.8, 4) is 0 Å². The number of anilines is 1. The smallest absolute Gasteiger partial charge is 0.339 e. The van der Waals surface area contributed by atoms with Crippen molar-refractivity contribution in [1.29, 1.82) is 0 Å². The summed E-state index contributed by atoms with van der Waals surface area (Å²) in [5.74, 6) is -1.52. The van der Waals surface area contributed by atoms with Crippen molar-refractivity contribution in [2.24, 2.45) is 0 Å². The molecule has 2 aromatic carbocycles. The summed E-state index contributed by atoms with van der Waals surface area (Å²) in [5, 5.41) is 0. The van der Waals surface area contributed by atoms with E-state index in [0.717, 1.165) is 4.90 Å². The summed E-state index contributed by atoms with van der Waals surface area (Å²) in [6.45, 7) is 0. The first kappa shape index (κ1) is 14.5. The number of halogens is 1. The van der Waals surface area contributed by atoms with Crippen molar-refractivity contribution in [2.75, 3.05) is 12.0 Å². The van der Waals surface area contributed by atoms with Gasteiger partial charge in [0.05, 0.1) is 29.5 Å². The molecule has 0 aromatic heterocycles. The molecule has 0 atom stereocenters. The van der Waals surface area contributed by atoms with Crippen LogP contribution < -0.4 is 4.90 Å². The van der Waals surface area contributed by atoms with Gasteiger partial charge >= 0.3 is 5.97 Å². The van der Waals surface area contributed by atoms with Gasteiger partial charge < -0.3 is 4.74 Å². The SMILES string of the molecule is COC(=O)c1ccc(Br)cc1N1C(=O)c2ccccc2C1=O. The molecule has 0 spiro atoms. The zero-order chi connectivity index (χ0) is 15.9. The molecule has 0 radical (unpaired) electrons. The van der Waals surface area contributed by atoms with Crippen molar-refractivity contribution in [2.45, 2.75) is 0 Å². The first-order chi connectivity index (χ1) is 10.5. The number of carbonyl (C=O) groups is 3. The lowest BCUT2D eigenvalue weighted by molar-refractivity contribution is 0.0601. The molecule has 22 heavy (non-hydrogen) atoms. The Morgan fingerprint density at radius 2 is 1.64 bits per heavy atom. The number of methoxy groups -OCH3 is 1. The number of rotatable bonds is 2. The number of esters is 1. The normalized spacial score (nSPS) is 13.3. The summed E-state index contributed by atoms with van der Waals surface area (Å²) < 4.78 is 5.37. The van der Waals surface area contributed by atoms with Gasteiger partial charge in [0.15, 0.2) is 0 Å². The Labute approximate surface area is 134 Å². The molecule has 1 aliphatic rings. The van der Waals surface area contributed by atoms with Crippen LogP contribution in [-0.4, -0.2) is 24.9 Å². The monoisotopic (exact) mass is 359 g/mol. The van der Waals surface area contributed by atoms with Crippen LogP contribution in [0.2, 0.25) is 0 Å². The lowest BCUT2D eigenvalue weighted by Crippen LogP contribution is -2.31. The highest BCUT2D eigenvalue weighted by molar-refractivity contribution is 9.10. The molecule has 5 nitrogen and oxygen atoms in total. The lowest BCUT2D eigenvalue weighted by Gasteiger charge is -2.17. The molecule has 0 aliphatic carbocycles. The van der Waals surface area contributed by atoms with E-state index in [1.807, 2.05) is 0 Å². The molecule has 3 rings (SSSR count). The molecule has 2 amide bonds. The van der Waals surface area contributed by atoms with E-state index >= 15 is 0 Å². The molecule has 0 fully saturated rings. The molecule has 0 unspecified atom stereocenters. The highest BCUT2D eigenvalue weighted by Gasteiger charge is 2.38. The van der Waals surface area contributed by atoms with Gasteiger partial charge in [0, 0.05) is 4.47 Å². The molecule has 0 saturated carbocycles. The highest BCUT2D eigenvalue weighted by atomic mass is 79.9. The van der Waals surface area contributed by atoms with Crippen LogP contribution in [0, 0.1) is 0 Å². The highest BCUT2D eigenvalue weighted by Crippen LogP contribution is 2.33. The van der Waals surface area contributed by atoms with E-state index in [4.69, 9.17) is 4.74 Å². The fourth-order valence-electron chi connectivity index (χ4n) is 2.38. The number of ether oxygens (including phenoxy) is 1. The molecular formula is C16H10BrNO4. The third-order valence-electron chi connectivity index (χ3n) is 3.40. The Kier molecular flexibility index (Phi) is 3.54. The van der Waals surface area contributed by atoms with E-state index in [2.05, 4.69) is 15.9 Å². The molecule has 110 valence electrons. The summed E-state index contributed by atoms with van der Waals surface area (Å²) >= 11 is 3.29. The van der Waals surface area contributed by atoms with Crippen LogP contribution in [0.1, 0.15) is 31.1 Å². The Bertz CT molecular complexity index is 781. The van der Waals surface area contributed by atoms with E-state index in [1.54, 1.807) is 36.4 Å². The second-order valence-electron chi connectivity index (χ2n) is 4.64. The van der Waals surface area contributed by atoms with Crippen LogP contribution in [-0.2, 0) is 4.74 Å². The number of amides is 2. The zero-order valence-electron chi connectivity index (χ0n) is 11.5. The largest absolute Gasteiger partial charge is 0.465 e. The molecule has 1 aliphatic heterocycles. The van der Waals surface area contributed by atoms with Crippen molar-refractivity contribution < 1.29 is 19.1 Å². The van der Waals surface area contributed by atoms with Gasteiger partial charge in [-0.15, -0.1) is 0 Å². The second kappa shape index (κ2) is 5.38. The van der Waals surface area contributed by atoms with Crippen LogP contribution in [0.5, 0.6) is 0 Å². The minimum absolute atomic E-state index is 0.153. The topological polar surface area (TPSA) is 63.7 Å². The molecule has 6 heteroatoms. The molecule has 0 saturated heterocycles. The maximum Gasteiger partial charge on any atom is 0.339 e. The van der Waals surface area contributed by atoms with Crippen molar-refractivity contribution in [3.63, 3.8) is 0 Å². The summed E-state index contributed by atoms with van der Waals surface area (Å²) in [5.41, 5.74) is 0.999. The van der Waals surface area contributed by atoms with E-state index < -0.39 is 17.8 Å². The van der Waals surface area contributed by atoms with Gasteiger partial charge in [0.25, 0.3) is 11.8 Å². The molecule has 0 bridgehead atoms. The Morgan fingerprint density at radius 3 is 2.18 bits per heavy atom. The minimum Gasteiger partial charge on any atom is -0.465 e. The maximum atomic E-state index is 12.5. The third kappa shape index (κ3) is 2.12. The van der Waals surface area contributed by atoms with Gasteiger partial charge in [-0.05, 0) is 30.3 Å². The van der Waals surface area contributed by atoms with E-state index in [9.17, 15) is 14.4 Å². The first-order valence-electron chi connectivity index (χ1n) is 6.40. The van der Waals surface area contributed by atoms with Crippen LogP contribution in [0.4, 0.5) is 5.69 Å². The average Bonchev–Trinajstić information content (AvgIpc) is 2.78. The average molecular weight is 360 g/mol. The number of nitrogens with zero attached hydrogens (tertiary/aromatic N) is 1. The van der Waals surface area contributed by atoms with Crippen LogP contribution in [0.15, 0.2) is 46.9 Å². The quantitative estimate of drug-likeness (QED) is 0.610. The Hall–Kier alpha value is -2.47. The number of benzene rings is 2. The van der Waals surface area contributed by atoms with Crippen molar-refractivity contribution >= 4 is 39.4 Å². The lowest BCUT2D eigenvalue weighted by atomic mass is 10.1. The van der Waals surface area contributed by atoms with E-state index in [-0.39, 0.29) is 11.3 Å². The number of imide groups is 1. The predicted octanol–water partition coefficient (Wildman–Crippen LogP) is 3.04.